The summed E-state index contributed by atoms with van der Waals surface area (Å²) in [5, 5.41) is 2.57. The molecule has 2 saturated carbocycles. The first-order valence-corrected chi connectivity index (χ1v) is 13.7. The van der Waals surface area contributed by atoms with Crippen molar-refractivity contribution in [1.82, 2.24) is 9.47 Å². The molecule has 170 valence electrons. The number of nitrogens with zero attached hydrogens (tertiary/aromatic N) is 2. The second kappa shape index (κ2) is 8.35. The van der Waals surface area contributed by atoms with Crippen molar-refractivity contribution in [3.63, 3.8) is 0 Å². The molecule has 4 unspecified atom stereocenters. The highest BCUT2D eigenvalue weighted by molar-refractivity contribution is 8.00. The minimum absolute atomic E-state index is 0.0102. The molecule has 0 spiro atoms. The summed E-state index contributed by atoms with van der Waals surface area (Å²) in [4.78, 5) is 29.0. The summed E-state index contributed by atoms with van der Waals surface area (Å²) < 4.78 is 7.09. The fraction of sp³-hybridized carbons (Fsp3) is 0.565. The van der Waals surface area contributed by atoms with Gasteiger partial charge >= 0.3 is 4.87 Å². The molecule has 1 saturated heterocycles. The van der Waals surface area contributed by atoms with E-state index in [9.17, 15) is 9.59 Å². The molecule has 1 amide bonds. The number of carbonyl (C=O) groups is 1. The first-order chi connectivity index (χ1) is 15.5. The normalized spacial score (nSPS) is 30.9. The van der Waals surface area contributed by atoms with Gasteiger partial charge in [0.05, 0.1) is 28.3 Å². The quantitative estimate of drug-likeness (QED) is 0.598. The number of aromatic nitrogens is 1. The molecule has 2 bridgehead atoms. The Bertz CT molecular complexity index is 1130. The van der Waals surface area contributed by atoms with Crippen molar-refractivity contribution in [2.45, 2.75) is 42.0 Å². The number of fused-ring (bicyclic) bond motifs is 6. The Balaban J connectivity index is 1.43. The van der Waals surface area contributed by atoms with Crippen LogP contribution in [-0.4, -0.2) is 46.9 Å². The average molecular weight is 511 g/mol. The predicted molar refractivity (Wildman–Crippen MR) is 128 cm³/mol. The van der Waals surface area contributed by atoms with Crippen LogP contribution in [0.4, 0.5) is 0 Å². The van der Waals surface area contributed by atoms with E-state index in [1.54, 1.807) is 9.47 Å². The number of ether oxygens (including phenoxy) is 1. The molecule has 4 aliphatic rings. The lowest BCUT2D eigenvalue weighted by Crippen LogP contribution is -2.43. The van der Waals surface area contributed by atoms with Crippen molar-refractivity contribution >= 4 is 52.2 Å². The fourth-order valence-electron chi connectivity index (χ4n) is 6.24. The molecule has 5 nitrogen and oxygen atoms in total. The third-order valence-electron chi connectivity index (χ3n) is 7.66. The number of halogens is 2. The van der Waals surface area contributed by atoms with E-state index >= 15 is 0 Å². The molecule has 3 fully saturated rings. The Labute approximate surface area is 205 Å². The van der Waals surface area contributed by atoms with E-state index in [2.05, 4.69) is 6.07 Å². The van der Waals surface area contributed by atoms with Crippen molar-refractivity contribution < 1.29 is 9.53 Å². The summed E-state index contributed by atoms with van der Waals surface area (Å²) in [5.74, 6) is 1.84. The molecular weight excluding hydrogens is 487 g/mol. The molecule has 9 heteroatoms. The van der Waals surface area contributed by atoms with Crippen LogP contribution in [0.3, 0.4) is 0 Å². The number of hydrogen-bond donors (Lipinski definition) is 0. The molecule has 0 N–H and O–H groups in total. The lowest BCUT2D eigenvalue weighted by molar-refractivity contribution is -0.136. The SMILES string of the molecule is O=C(Cn1c2c(sc1=O)[C@@H](c1cccc(Cl)c1Cl)C1C3CCC(C3)C1S2)N1CCOCC1. The Morgan fingerprint density at radius 1 is 1.16 bits per heavy atom. The number of carbonyl (C=O) groups excluding carboxylic acids is 1. The van der Waals surface area contributed by atoms with Crippen LogP contribution in [-0.2, 0) is 16.1 Å². The summed E-state index contributed by atoms with van der Waals surface area (Å²) >= 11 is 16.3. The van der Waals surface area contributed by atoms with Crippen LogP contribution in [0.1, 0.15) is 35.6 Å². The third-order valence-corrected chi connectivity index (χ3v) is 11.3. The molecular formula is C23H24Cl2N2O3S2. The zero-order chi connectivity index (χ0) is 22.0. The molecule has 2 aliphatic carbocycles. The highest BCUT2D eigenvalue weighted by atomic mass is 35.5. The van der Waals surface area contributed by atoms with Gasteiger partial charge < -0.3 is 9.64 Å². The van der Waals surface area contributed by atoms with Gasteiger partial charge in [0.2, 0.25) is 5.91 Å². The number of thiazole rings is 1. The van der Waals surface area contributed by atoms with Crippen LogP contribution in [0.15, 0.2) is 28.0 Å². The number of rotatable bonds is 3. The van der Waals surface area contributed by atoms with Crippen LogP contribution in [0.5, 0.6) is 0 Å². The average Bonchev–Trinajstić information content (AvgIpc) is 3.49. The molecule has 5 atom stereocenters. The van der Waals surface area contributed by atoms with E-state index in [4.69, 9.17) is 27.9 Å². The Morgan fingerprint density at radius 3 is 2.75 bits per heavy atom. The highest BCUT2D eigenvalue weighted by Crippen LogP contribution is 2.64. The smallest absolute Gasteiger partial charge is 0.308 e. The number of benzene rings is 1. The van der Waals surface area contributed by atoms with Gasteiger partial charge in [-0.15, -0.1) is 11.8 Å². The van der Waals surface area contributed by atoms with Gasteiger partial charge in [0.1, 0.15) is 6.54 Å². The van der Waals surface area contributed by atoms with Gasteiger partial charge in [0.15, 0.2) is 0 Å². The zero-order valence-electron chi connectivity index (χ0n) is 17.5. The predicted octanol–water partition coefficient (Wildman–Crippen LogP) is 4.73. The van der Waals surface area contributed by atoms with Crippen molar-refractivity contribution in [1.29, 1.82) is 0 Å². The first kappa shape index (κ1) is 21.5. The van der Waals surface area contributed by atoms with Gasteiger partial charge in [-0.3, -0.25) is 14.2 Å². The number of hydrogen-bond acceptors (Lipinski definition) is 5. The standard InChI is InChI=1S/C23H24Cl2N2O3S2/c24-15-3-1-2-14(19(15)25)18-17-12-4-5-13(10-12)20(17)31-22-21(18)32-23(29)27(22)11-16(28)26-6-8-30-9-7-26/h1-3,12-13,17-18,20H,4-11H2/t12?,13?,17?,18-,20?/m0/s1. The van der Waals surface area contributed by atoms with Gasteiger partial charge in [-0.25, -0.2) is 0 Å². The highest BCUT2D eigenvalue weighted by Gasteiger charge is 2.55. The van der Waals surface area contributed by atoms with E-state index < -0.39 is 0 Å². The number of morpholine rings is 1. The molecule has 0 radical (unpaired) electrons. The van der Waals surface area contributed by atoms with E-state index in [1.165, 1.54) is 30.6 Å². The Morgan fingerprint density at radius 2 is 1.94 bits per heavy atom. The van der Waals surface area contributed by atoms with E-state index in [1.807, 2.05) is 23.9 Å². The zero-order valence-corrected chi connectivity index (χ0v) is 20.6. The van der Waals surface area contributed by atoms with Gasteiger partial charge in [-0.2, -0.15) is 0 Å². The Hall–Kier alpha value is -0.990. The summed E-state index contributed by atoms with van der Waals surface area (Å²) in [6.45, 7) is 2.38. The summed E-state index contributed by atoms with van der Waals surface area (Å²) in [6, 6.07) is 5.84. The van der Waals surface area contributed by atoms with Crippen molar-refractivity contribution in [3.05, 3.63) is 48.4 Å². The number of thioether (sulfide) groups is 1. The molecule has 1 aromatic heterocycles. The van der Waals surface area contributed by atoms with Crippen LogP contribution in [0.25, 0.3) is 0 Å². The maximum Gasteiger partial charge on any atom is 0.308 e. The van der Waals surface area contributed by atoms with Gasteiger partial charge in [0.25, 0.3) is 0 Å². The first-order valence-electron chi connectivity index (χ1n) is 11.2. The van der Waals surface area contributed by atoms with Crippen LogP contribution >= 0.6 is 46.3 Å². The molecule has 3 heterocycles. The van der Waals surface area contributed by atoms with Crippen LogP contribution < -0.4 is 4.87 Å². The maximum atomic E-state index is 13.2. The van der Waals surface area contributed by atoms with E-state index in [-0.39, 0.29) is 23.2 Å². The third kappa shape index (κ3) is 3.38. The second-order valence-corrected chi connectivity index (χ2v) is 12.2. The molecule has 1 aromatic carbocycles. The maximum absolute atomic E-state index is 13.2. The summed E-state index contributed by atoms with van der Waals surface area (Å²) in [6.07, 6.45) is 3.76. The largest absolute Gasteiger partial charge is 0.378 e. The van der Waals surface area contributed by atoms with E-state index in [0.29, 0.717) is 59.4 Å². The minimum atomic E-state index is -0.0559. The molecule has 32 heavy (non-hydrogen) atoms. The van der Waals surface area contributed by atoms with Crippen molar-refractivity contribution in [3.8, 4) is 0 Å². The Kier molecular flexibility index (Phi) is 5.62. The van der Waals surface area contributed by atoms with Crippen LogP contribution in [0, 0.1) is 17.8 Å². The summed E-state index contributed by atoms with van der Waals surface area (Å²) in [7, 11) is 0. The second-order valence-electron chi connectivity index (χ2n) is 9.23. The van der Waals surface area contributed by atoms with Gasteiger partial charge in [-0.05, 0) is 48.6 Å². The molecule has 2 aromatic rings. The molecule has 2 aliphatic heterocycles. The van der Waals surface area contributed by atoms with Crippen molar-refractivity contribution in [2.75, 3.05) is 26.3 Å². The van der Waals surface area contributed by atoms with E-state index in [0.717, 1.165) is 15.5 Å². The summed E-state index contributed by atoms with van der Waals surface area (Å²) in [5.41, 5.74) is 1.02. The lowest BCUT2D eigenvalue weighted by Gasteiger charge is -2.41. The topological polar surface area (TPSA) is 51.5 Å². The van der Waals surface area contributed by atoms with Crippen molar-refractivity contribution in [2.24, 2.45) is 17.8 Å². The number of amides is 1. The van der Waals surface area contributed by atoms with Crippen LogP contribution in [0.2, 0.25) is 10.0 Å². The van der Waals surface area contributed by atoms with Gasteiger partial charge in [-0.1, -0.05) is 46.7 Å². The minimum Gasteiger partial charge on any atom is -0.378 e. The van der Waals surface area contributed by atoms with Gasteiger partial charge in [0, 0.05) is 29.1 Å². The molecule has 6 rings (SSSR count). The fourth-order valence-corrected chi connectivity index (χ4v) is 9.81. The lowest BCUT2D eigenvalue weighted by atomic mass is 9.75. The monoisotopic (exact) mass is 510 g/mol.